The lowest BCUT2D eigenvalue weighted by atomic mass is 10.1. The number of hydrogen-bond donors (Lipinski definition) is 3. The standard InChI is InChI=1S/C18H20IN3O4/c1-4-20-18(24)22-12-7-5-6-11(8-12)21-17(23)13-9-15(25-2)16(26-3)10-14(13)19/h5-10H,4H2,1-3H3,(H,21,23)(H2,20,22,24). The molecule has 0 aliphatic rings. The van der Waals surface area contributed by atoms with Crippen LogP contribution in [0.15, 0.2) is 36.4 Å². The highest BCUT2D eigenvalue weighted by molar-refractivity contribution is 14.1. The molecule has 2 rings (SSSR count). The van der Waals surface area contributed by atoms with Crippen LogP contribution in [0.2, 0.25) is 0 Å². The quantitative estimate of drug-likeness (QED) is 0.563. The monoisotopic (exact) mass is 469 g/mol. The molecule has 0 heterocycles. The highest BCUT2D eigenvalue weighted by atomic mass is 127. The van der Waals surface area contributed by atoms with Crippen molar-refractivity contribution in [1.82, 2.24) is 5.32 Å². The number of nitrogens with one attached hydrogen (secondary N) is 3. The number of ether oxygens (including phenoxy) is 2. The molecule has 3 amide bonds. The Balaban J connectivity index is 2.18. The maximum absolute atomic E-state index is 12.6. The van der Waals surface area contributed by atoms with Gasteiger partial charge in [-0.25, -0.2) is 4.79 Å². The van der Waals surface area contributed by atoms with Gasteiger partial charge in [-0.2, -0.15) is 0 Å². The number of halogens is 1. The van der Waals surface area contributed by atoms with Crippen LogP contribution < -0.4 is 25.4 Å². The molecule has 26 heavy (non-hydrogen) atoms. The van der Waals surface area contributed by atoms with Crippen LogP contribution in [0.25, 0.3) is 0 Å². The molecule has 0 aliphatic carbocycles. The van der Waals surface area contributed by atoms with Crippen molar-refractivity contribution in [2.75, 3.05) is 31.4 Å². The molecule has 2 aromatic carbocycles. The smallest absolute Gasteiger partial charge is 0.319 e. The minimum absolute atomic E-state index is 0.287. The molecule has 0 saturated carbocycles. The van der Waals surface area contributed by atoms with Gasteiger partial charge in [0, 0.05) is 21.5 Å². The SMILES string of the molecule is CCNC(=O)Nc1cccc(NC(=O)c2cc(OC)c(OC)cc2I)c1. The summed E-state index contributed by atoms with van der Waals surface area (Å²) in [6.45, 7) is 2.36. The normalized spacial score (nSPS) is 10.0. The van der Waals surface area contributed by atoms with E-state index in [0.717, 1.165) is 3.57 Å². The Morgan fingerprint density at radius 1 is 1.00 bits per heavy atom. The third-order valence-corrected chi connectivity index (χ3v) is 4.33. The van der Waals surface area contributed by atoms with E-state index in [1.165, 1.54) is 7.11 Å². The van der Waals surface area contributed by atoms with Crippen molar-refractivity contribution in [3.63, 3.8) is 0 Å². The first-order valence-electron chi connectivity index (χ1n) is 7.86. The van der Waals surface area contributed by atoms with E-state index < -0.39 is 0 Å². The molecule has 0 atom stereocenters. The first-order chi connectivity index (χ1) is 12.5. The largest absolute Gasteiger partial charge is 0.493 e. The molecule has 3 N–H and O–H groups in total. The van der Waals surface area contributed by atoms with Gasteiger partial charge in [-0.1, -0.05) is 6.07 Å². The maximum Gasteiger partial charge on any atom is 0.319 e. The number of amides is 3. The lowest BCUT2D eigenvalue weighted by Gasteiger charge is -2.13. The maximum atomic E-state index is 12.6. The van der Waals surface area contributed by atoms with E-state index in [9.17, 15) is 9.59 Å². The Labute approximate surface area is 165 Å². The number of urea groups is 1. The molecule has 0 aliphatic heterocycles. The van der Waals surface area contributed by atoms with Gasteiger partial charge < -0.3 is 25.4 Å². The molecular weight excluding hydrogens is 449 g/mol. The number of carbonyl (C=O) groups is 2. The van der Waals surface area contributed by atoms with Crippen molar-refractivity contribution in [3.05, 3.63) is 45.5 Å². The first-order valence-corrected chi connectivity index (χ1v) is 8.94. The number of rotatable bonds is 6. The molecule has 8 heteroatoms. The Bertz CT molecular complexity index is 811. The highest BCUT2D eigenvalue weighted by Gasteiger charge is 2.16. The molecule has 0 fully saturated rings. The molecule has 0 spiro atoms. The second-order valence-corrected chi connectivity index (χ2v) is 6.37. The predicted octanol–water partition coefficient (Wildman–Crippen LogP) is 3.70. The van der Waals surface area contributed by atoms with Crippen LogP contribution in [0.1, 0.15) is 17.3 Å². The van der Waals surface area contributed by atoms with E-state index >= 15 is 0 Å². The lowest BCUT2D eigenvalue weighted by Crippen LogP contribution is -2.28. The molecule has 0 bridgehead atoms. The van der Waals surface area contributed by atoms with Crippen LogP contribution in [0.4, 0.5) is 16.2 Å². The van der Waals surface area contributed by atoms with E-state index in [2.05, 4.69) is 38.5 Å². The fourth-order valence-corrected chi connectivity index (χ4v) is 2.92. The summed E-state index contributed by atoms with van der Waals surface area (Å²) in [5.41, 5.74) is 1.61. The van der Waals surface area contributed by atoms with Gasteiger partial charge in [0.25, 0.3) is 5.91 Å². The van der Waals surface area contributed by atoms with Gasteiger partial charge in [0.1, 0.15) is 0 Å². The molecule has 0 unspecified atom stereocenters. The van der Waals surface area contributed by atoms with Gasteiger partial charge in [0.15, 0.2) is 11.5 Å². The van der Waals surface area contributed by atoms with Crippen LogP contribution in [0, 0.1) is 3.57 Å². The number of hydrogen-bond acceptors (Lipinski definition) is 4. The first kappa shape index (κ1) is 19.8. The molecule has 0 saturated heterocycles. The summed E-state index contributed by atoms with van der Waals surface area (Å²) >= 11 is 2.07. The molecule has 2 aromatic rings. The van der Waals surface area contributed by atoms with Gasteiger partial charge in [0.2, 0.25) is 0 Å². The van der Waals surface area contributed by atoms with Gasteiger partial charge in [0.05, 0.1) is 19.8 Å². The van der Waals surface area contributed by atoms with E-state index in [1.807, 2.05) is 6.92 Å². The van der Waals surface area contributed by atoms with Crippen molar-refractivity contribution >= 4 is 45.9 Å². The molecule has 0 radical (unpaired) electrons. The second kappa shape index (κ2) is 9.27. The molecule has 138 valence electrons. The third-order valence-electron chi connectivity index (χ3n) is 3.43. The van der Waals surface area contributed by atoms with Crippen molar-refractivity contribution in [2.45, 2.75) is 6.92 Å². The van der Waals surface area contributed by atoms with E-state index in [4.69, 9.17) is 9.47 Å². The lowest BCUT2D eigenvalue weighted by molar-refractivity contribution is 0.102. The minimum atomic E-state index is -0.301. The topological polar surface area (TPSA) is 88.7 Å². The predicted molar refractivity (Wildman–Crippen MR) is 109 cm³/mol. The summed E-state index contributed by atoms with van der Waals surface area (Å²) < 4.78 is 11.2. The summed E-state index contributed by atoms with van der Waals surface area (Å²) in [7, 11) is 3.06. The number of carbonyl (C=O) groups excluding carboxylic acids is 2. The van der Waals surface area contributed by atoms with Gasteiger partial charge in [-0.3, -0.25) is 4.79 Å². The van der Waals surface area contributed by atoms with Crippen molar-refractivity contribution in [2.24, 2.45) is 0 Å². The zero-order valence-electron chi connectivity index (χ0n) is 14.7. The number of benzene rings is 2. The van der Waals surface area contributed by atoms with Crippen LogP contribution in [-0.2, 0) is 0 Å². The molecule has 0 aromatic heterocycles. The van der Waals surface area contributed by atoms with Crippen LogP contribution in [-0.4, -0.2) is 32.7 Å². The van der Waals surface area contributed by atoms with Crippen molar-refractivity contribution in [1.29, 1.82) is 0 Å². The van der Waals surface area contributed by atoms with Crippen LogP contribution in [0.5, 0.6) is 11.5 Å². The van der Waals surface area contributed by atoms with E-state index in [1.54, 1.807) is 43.5 Å². The average Bonchev–Trinajstić information content (AvgIpc) is 2.61. The fourth-order valence-electron chi connectivity index (χ4n) is 2.24. The summed E-state index contributed by atoms with van der Waals surface area (Å²) in [6.07, 6.45) is 0. The van der Waals surface area contributed by atoms with E-state index in [0.29, 0.717) is 35.0 Å². The number of anilines is 2. The van der Waals surface area contributed by atoms with Crippen molar-refractivity contribution < 1.29 is 19.1 Å². The summed E-state index contributed by atoms with van der Waals surface area (Å²) in [6, 6.07) is 9.98. The van der Waals surface area contributed by atoms with E-state index in [-0.39, 0.29) is 11.9 Å². The molecule has 7 nitrogen and oxygen atoms in total. The minimum Gasteiger partial charge on any atom is -0.493 e. The summed E-state index contributed by atoms with van der Waals surface area (Å²) in [5.74, 6) is 0.747. The average molecular weight is 469 g/mol. The summed E-state index contributed by atoms with van der Waals surface area (Å²) in [4.78, 5) is 24.2. The van der Waals surface area contributed by atoms with Crippen molar-refractivity contribution in [3.8, 4) is 11.5 Å². The summed E-state index contributed by atoms with van der Waals surface area (Å²) in [5, 5.41) is 8.17. The Kier molecular flexibility index (Phi) is 7.07. The highest BCUT2D eigenvalue weighted by Crippen LogP contribution is 2.31. The Morgan fingerprint density at radius 3 is 2.23 bits per heavy atom. The van der Waals surface area contributed by atoms with Gasteiger partial charge in [-0.15, -0.1) is 0 Å². The van der Waals surface area contributed by atoms with Crippen LogP contribution >= 0.6 is 22.6 Å². The Hall–Kier alpha value is -2.49. The van der Waals surface area contributed by atoms with Crippen LogP contribution in [0.3, 0.4) is 0 Å². The Morgan fingerprint density at radius 2 is 1.62 bits per heavy atom. The van der Waals surface area contributed by atoms with Gasteiger partial charge >= 0.3 is 6.03 Å². The fraction of sp³-hybridized carbons (Fsp3) is 0.222. The third kappa shape index (κ3) is 5.01. The zero-order valence-corrected chi connectivity index (χ0v) is 16.8. The molecular formula is C18H20IN3O4. The number of methoxy groups -OCH3 is 2. The van der Waals surface area contributed by atoms with Gasteiger partial charge in [-0.05, 0) is 59.8 Å². The second-order valence-electron chi connectivity index (χ2n) is 5.21. The zero-order chi connectivity index (χ0) is 19.1.